The van der Waals surface area contributed by atoms with Crippen molar-refractivity contribution < 1.29 is 19.1 Å². The number of hydrogen-bond donors (Lipinski definition) is 1. The maximum absolute atomic E-state index is 11.2. The molecule has 1 heterocycles. The van der Waals surface area contributed by atoms with Crippen LogP contribution in [-0.2, 0) is 9.53 Å². The third-order valence-electron chi connectivity index (χ3n) is 2.30. The van der Waals surface area contributed by atoms with Crippen molar-refractivity contribution in [2.75, 3.05) is 7.11 Å². The lowest BCUT2D eigenvalue weighted by Crippen LogP contribution is -2.13. The van der Waals surface area contributed by atoms with Crippen LogP contribution < -0.4 is 0 Å². The number of ether oxygens (including phenoxy) is 1. The Morgan fingerprint density at radius 2 is 2.31 bits per heavy atom. The summed E-state index contributed by atoms with van der Waals surface area (Å²) in [7, 11) is 1.23. The number of halogens is 1. The average molecular weight is 285 g/mol. The Bertz CT molecular complexity index is 532. The quantitative estimate of drug-likeness (QED) is 0.861. The number of furan rings is 1. The highest BCUT2D eigenvalue weighted by Crippen LogP contribution is 2.31. The molecule has 2 rings (SSSR count). The fourth-order valence-corrected chi connectivity index (χ4v) is 1.91. The van der Waals surface area contributed by atoms with E-state index in [2.05, 4.69) is 20.7 Å². The van der Waals surface area contributed by atoms with Crippen LogP contribution in [0, 0.1) is 0 Å². The second-order valence-electron chi connectivity index (χ2n) is 3.23. The van der Waals surface area contributed by atoms with Crippen LogP contribution in [0.2, 0.25) is 0 Å². The molecule has 0 saturated carbocycles. The van der Waals surface area contributed by atoms with E-state index in [1.807, 2.05) is 6.07 Å². The van der Waals surface area contributed by atoms with Gasteiger partial charge in [-0.1, -0.05) is 12.1 Å². The highest BCUT2D eigenvalue weighted by Gasteiger charge is 2.22. The maximum Gasteiger partial charge on any atom is 0.339 e. The maximum atomic E-state index is 11.2. The minimum Gasteiger partial charge on any atom is -0.467 e. The molecule has 4 nitrogen and oxygen atoms in total. The molecule has 1 N–H and O–H groups in total. The topological polar surface area (TPSA) is 59.7 Å². The van der Waals surface area contributed by atoms with E-state index < -0.39 is 12.1 Å². The van der Waals surface area contributed by atoms with Crippen molar-refractivity contribution in [1.82, 2.24) is 0 Å². The van der Waals surface area contributed by atoms with Gasteiger partial charge in [-0.05, 0) is 22.0 Å². The number of carbonyl (C=O) groups excluding carboxylic acids is 1. The minimum absolute atomic E-state index is 0.398. The van der Waals surface area contributed by atoms with E-state index in [1.165, 1.54) is 13.4 Å². The Morgan fingerprint density at radius 1 is 1.56 bits per heavy atom. The van der Waals surface area contributed by atoms with E-state index in [-0.39, 0.29) is 0 Å². The van der Waals surface area contributed by atoms with Gasteiger partial charge in [-0.25, -0.2) is 4.79 Å². The summed E-state index contributed by atoms with van der Waals surface area (Å²) >= 11 is 3.31. The number of benzene rings is 1. The van der Waals surface area contributed by atoms with Gasteiger partial charge in [-0.15, -0.1) is 0 Å². The molecule has 1 unspecified atom stereocenters. The predicted molar refractivity (Wildman–Crippen MR) is 60.9 cm³/mol. The second kappa shape index (κ2) is 4.27. The summed E-state index contributed by atoms with van der Waals surface area (Å²) < 4.78 is 10.5. The Balaban J connectivity index is 2.56. The van der Waals surface area contributed by atoms with Gasteiger partial charge in [0.2, 0.25) is 0 Å². The Morgan fingerprint density at radius 3 is 3.00 bits per heavy atom. The normalized spacial score (nSPS) is 12.7. The molecule has 1 aromatic heterocycles. The van der Waals surface area contributed by atoms with Crippen LogP contribution in [0.25, 0.3) is 11.0 Å². The molecule has 5 heteroatoms. The summed E-state index contributed by atoms with van der Waals surface area (Å²) in [5, 5.41) is 10.6. The van der Waals surface area contributed by atoms with Crippen LogP contribution in [0.3, 0.4) is 0 Å². The number of rotatable bonds is 2. The monoisotopic (exact) mass is 284 g/mol. The first-order valence-corrected chi connectivity index (χ1v) is 5.36. The van der Waals surface area contributed by atoms with Gasteiger partial charge >= 0.3 is 5.97 Å². The van der Waals surface area contributed by atoms with Crippen molar-refractivity contribution in [3.63, 3.8) is 0 Å². The number of carbonyl (C=O) groups is 1. The zero-order valence-corrected chi connectivity index (χ0v) is 10.0. The summed E-state index contributed by atoms with van der Waals surface area (Å²) in [6.07, 6.45) is 0.185. The standard InChI is InChI=1S/C11H9BrO4/c1-15-11(14)9(13)7-4-2-3-6-8(12)5-16-10(6)7/h2-5,9,13H,1H3. The first kappa shape index (κ1) is 11.2. The molecule has 0 bridgehead atoms. The van der Waals surface area contributed by atoms with Gasteiger partial charge in [-0.2, -0.15) is 0 Å². The number of methoxy groups -OCH3 is 1. The van der Waals surface area contributed by atoms with Crippen molar-refractivity contribution in [3.05, 3.63) is 34.5 Å². The van der Waals surface area contributed by atoms with Gasteiger partial charge < -0.3 is 14.3 Å². The van der Waals surface area contributed by atoms with E-state index >= 15 is 0 Å². The molecule has 0 aliphatic heterocycles. The van der Waals surface area contributed by atoms with Gasteiger partial charge in [-0.3, -0.25) is 0 Å². The molecule has 0 aliphatic carbocycles. The Hall–Kier alpha value is -1.33. The number of aliphatic hydroxyl groups is 1. The van der Waals surface area contributed by atoms with Gasteiger partial charge in [0.1, 0.15) is 11.8 Å². The second-order valence-corrected chi connectivity index (χ2v) is 4.09. The van der Waals surface area contributed by atoms with Crippen LogP contribution >= 0.6 is 15.9 Å². The lowest BCUT2D eigenvalue weighted by molar-refractivity contribution is -0.150. The predicted octanol–water partition coefficient (Wildman–Crippen LogP) is 2.40. The number of esters is 1. The third kappa shape index (κ3) is 1.72. The van der Waals surface area contributed by atoms with E-state index in [0.717, 1.165) is 9.86 Å². The number of para-hydroxylation sites is 1. The van der Waals surface area contributed by atoms with Crippen molar-refractivity contribution >= 4 is 32.9 Å². The van der Waals surface area contributed by atoms with Crippen molar-refractivity contribution in [1.29, 1.82) is 0 Å². The van der Waals surface area contributed by atoms with Crippen molar-refractivity contribution in [3.8, 4) is 0 Å². The largest absolute Gasteiger partial charge is 0.467 e. The minimum atomic E-state index is -1.33. The van der Waals surface area contributed by atoms with Crippen LogP contribution in [-0.4, -0.2) is 18.2 Å². The Labute approximate surface area is 99.9 Å². The highest BCUT2D eigenvalue weighted by atomic mass is 79.9. The molecule has 84 valence electrons. The summed E-state index contributed by atoms with van der Waals surface area (Å²) in [6.45, 7) is 0. The van der Waals surface area contributed by atoms with Gasteiger partial charge in [0, 0.05) is 10.9 Å². The Kier molecular flexibility index (Phi) is 2.98. The molecular formula is C11H9BrO4. The first-order valence-electron chi connectivity index (χ1n) is 4.56. The van der Waals surface area contributed by atoms with Gasteiger partial charge in [0.05, 0.1) is 11.6 Å². The molecule has 1 atom stereocenters. The molecule has 0 saturated heterocycles. The number of hydrogen-bond acceptors (Lipinski definition) is 4. The zero-order valence-electron chi connectivity index (χ0n) is 8.44. The SMILES string of the molecule is COC(=O)C(O)c1cccc2c(Br)coc12. The van der Waals surface area contributed by atoms with E-state index in [4.69, 9.17) is 4.42 Å². The highest BCUT2D eigenvalue weighted by molar-refractivity contribution is 9.10. The average Bonchev–Trinajstić information content (AvgIpc) is 2.69. The number of aliphatic hydroxyl groups excluding tert-OH is 1. The fourth-order valence-electron chi connectivity index (χ4n) is 1.50. The molecular weight excluding hydrogens is 276 g/mol. The summed E-state index contributed by atoms with van der Waals surface area (Å²) in [5.74, 6) is -0.708. The number of fused-ring (bicyclic) bond motifs is 1. The fraction of sp³-hybridized carbons (Fsp3) is 0.182. The molecule has 0 fully saturated rings. The first-order chi connectivity index (χ1) is 7.65. The smallest absolute Gasteiger partial charge is 0.339 e. The molecule has 0 amide bonds. The van der Waals surface area contributed by atoms with Crippen LogP contribution in [0.5, 0.6) is 0 Å². The van der Waals surface area contributed by atoms with Gasteiger partial charge in [0.25, 0.3) is 0 Å². The van der Waals surface area contributed by atoms with E-state index in [0.29, 0.717) is 11.1 Å². The molecule has 0 radical (unpaired) electrons. The molecule has 0 spiro atoms. The van der Waals surface area contributed by atoms with Crippen molar-refractivity contribution in [2.45, 2.75) is 6.10 Å². The summed E-state index contributed by atoms with van der Waals surface area (Å²) in [5.41, 5.74) is 0.877. The third-order valence-corrected chi connectivity index (χ3v) is 2.92. The molecule has 16 heavy (non-hydrogen) atoms. The molecule has 1 aromatic carbocycles. The van der Waals surface area contributed by atoms with Crippen LogP contribution in [0.4, 0.5) is 0 Å². The lowest BCUT2D eigenvalue weighted by atomic mass is 10.1. The van der Waals surface area contributed by atoms with Crippen LogP contribution in [0.1, 0.15) is 11.7 Å². The molecule has 2 aromatic rings. The zero-order chi connectivity index (χ0) is 11.7. The van der Waals surface area contributed by atoms with E-state index in [1.54, 1.807) is 12.1 Å². The summed E-state index contributed by atoms with van der Waals surface area (Å²) in [4.78, 5) is 11.2. The summed E-state index contributed by atoms with van der Waals surface area (Å²) in [6, 6.07) is 5.19. The lowest BCUT2D eigenvalue weighted by Gasteiger charge is -2.08. The molecule has 0 aliphatic rings. The van der Waals surface area contributed by atoms with Crippen molar-refractivity contribution in [2.24, 2.45) is 0 Å². The van der Waals surface area contributed by atoms with E-state index in [9.17, 15) is 9.90 Å². The van der Waals surface area contributed by atoms with Gasteiger partial charge in [0.15, 0.2) is 6.10 Å². The van der Waals surface area contributed by atoms with Crippen LogP contribution in [0.15, 0.2) is 33.4 Å².